The summed E-state index contributed by atoms with van der Waals surface area (Å²) in [6.45, 7) is 1.41. The van der Waals surface area contributed by atoms with Crippen LogP contribution in [-0.4, -0.2) is 33.9 Å². The van der Waals surface area contributed by atoms with Crippen LogP contribution < -0.4 is 5.32 Å². The van der Waals surface area contributed by atoms with Crippen LogP contribution in [0.5, 0.6) is 0 Å². The van der Waals surface area contributed by atoms with E-state index in [2.05, 4.69) is 15.3 Å². The average molecular weight is 364 g/mol. The molecule has 1 aromatic heterocycles. The second kappa shape index (κ2) is 7.72. The summed E-state index contributed by atoms with van der Waals surface area (Å²) < 4.78 is 39.1. The van der Waals surface area contributed by atoms with Crippen molar-refractivity contribution in [2.24, 2.45) is 0 Å². The number of hydrogen-bond acceptors (Lipinski definition) is 4. The van der Waals surface area contributed by atoms with E-state index in [0.717, 1.165) is 31.7 Å². The van der Waals surface area contributed by atoms with Gasteiger partial charge in [-0.05, 0) is 25.0 Å². The molecular weight excluding hydrogens is 345 g/mol. The van der Waals surface area contributed by atoms with E-state index >= 15 is 0 Å². The van der Waals surface area contributed by atoms with Gasteiger partial charge in [0, 0.05) is 25.5 Å². The molecule has 3 rings (SSSR count). The standard InChI is InChI=1S/C18H19F3N4O/c19-18(20,21)14-7-3-4-8-15(14)24-17-22-11-13(12-23-17)16(26)25-9-5-1-2-6-10-25/h3-4,7-8,11-12H,1-2,5-6,9-10H2,(H,22,23,24). The van der Waals surface area contributed by atoms with Crippen LogP contribution in [0, 0.1) is 0 Å². The molecule has 0 aliphatic carbocycles. The number of aromatic nitrogens is 2. The molecule has 5 nitrogen and oxygen atoms in total. The zero-order valence-electron chi connectivity index (χ0n) is 14.1. The molecule has 2 aromatic rings. The van der Waals surface area contributed by atoms with Gasteiger partial charge in [-0.25, -0.2) is 9.97 Å². The van der Waals surface area contributed by atoms with Crippen LogP contribution in [0.3, 0.4) is 0 Å². The SMILES string of the molecule is O=C(c1cnc(Nc2ccccc2C(F)(F)F)nc1)N1CCCCCC1. The van der Waals surface area contributed by atoms with Crippen molar-refractivity contribution in [1.29, 1.82) is 0 Å². The molecule has 0 saturated carbocycles. The minimum absolute atomic E-state index is 0.00844. The molecule has 26 heavy (non-hydrogen) atoms. The number of halogens is 3. The Morgan fingerprint density at radius 3 is 2.23 bits per heavy atom. The van der Waals surface area contributed by atoms with Gasteiger partial charge in [-0.1, -0.05) is 25.0 Å². The van der Waals surface area contributed by atoms with Gasteiger partial charge in [0.2, 0.25) is 5.95 Å². The number of hydrogen-bond donors (Lipinski definition) is 1. The quantitative estimate of drug-likeness (QED) is 0.884. The normalized spacial score (nSPS) is 15.4. The van der Waals surface area contributed by atoms with Gasteiger partial charge in [0.05, 0.1) is 16.8 Å². The van der Waals surface area contributed by atoms with Crippen LogP contribution >= 0.6 is 0 Å². The highest BCUT2D eigenvalue weighted by molar-refractivity contribution is 5.93. The number of likely N-dealkylation sites (tertiary alicyclic amines) is 1. The van der Waals surface area contributed by atoms with Gasteiger partial charge in [-0.3, -0.25) is 4.79 Å². The molecule has 1 aromatic carbocycles. The van der Waals surface area contributed by atoms with E-state index in [1.54, 1.807) is 4.90 Å². The average Bonchev–Trinajstić information content (AvgIpc) is 2.91. The zero-order valence-corrected chi connectivity index (χ0v) is 14.1. The minimum Gasteiger partial charge on any atom is -0.339 e. The molecule has 0 unspecified atom stereocenters. The summed E-state index contributed by atoms with van der Waals surface area (Å²) in [5.74, 6) is -0.136. The molecule has 8 heteroatoms. The highest BCUT2D eigenvalue weighted by Crippen LogP contribution is 2.35. The molecule has 0 bridgehead atoms. The number of para-hydroxylation sites is 1. The predicted octanol–water partition coefficient (Wildman–Crippen LogP) is 4.26. The number of benzene rings is 1. The summed E-state index contributed by atoms with van der Waals surface area (Å²) in [7, 11) is 0. The van der Waals surface area contributed by atoms with Gasteiger partial charge < -0.3 is 10.2 Å². The minimum atomic E-state index is -4.48. The van der Waals surface area contributed by atoms with Crippen molar-refractivity contribution in [2.45, 2.75) is 31.9 Å². The number of amides is 1. The van der Waals surface area contributed by atoms with E-state index in [4.69, 9.17) is 0 Å². The van der Waals surface area contributed by atoms with E-state index in [0.29, 0.717) is 18.7 Å². The highest BCUT2D eigenvalue weighted by Gasteiger charge is 2.33. The Hall–Kier alpha value is -2.64. The molecule has 2 heterocycles. The molecule has 1 N–H and O–H groups in total. The summed E-state index contributed by atoms with van der Waals surface area (Å²) in [5.41, 5.74) is -0.596. The number of carbonyl (C=O) groups excluding carboxylic acids is 1. The van der Waals surface area contributed by atoms with E-state index in [1.807, 2.05) is 0 Å². The Kier molecular flexibility index (Phi) is 5.39. The third kappa shape index (κ3) is 4.30. The Bertz CT molecular complexity index is 754. The Morgan fingerprint density at radius 2 is 1.62 bits per heavy atom. The van der Waals surface area contributed by atoms with Crippen LogP contribution in [0.15, 0.2) is 36.7 Å². The fourth-order valence-electron chi connectivity index (χ4n) is 2.92. The lowest BCUT2D eigenvalue weighted by Gasteiger charge is -2.20. The number of alkyl halides is 3. The number of nitrogens with one attached hydrogen (secondary N) is 1. The van der Waals surface area contributed by atoms with Crippen molar-refractivity contribution in [3.63, 3.8) is 0 Å². The molecular formula is C18H19F3N4O. The first-order chi connectivity index (χ1) is 12.4. The van der Waals surface area contributed by atoms with Crippen LogP contribution in [0.2, 0.25) is 0 Å². The number of rotatable bonds is 3. The number of carbonyl (C=O) groups is 1. The third-order valence-corrected chi connectivity index (χ3v) is 4.27. The molecule has 0 radical (unpaired) electrons. The molecule has 1 aliphatic heterocycles. The molecule has 0 atom stereocenters. The van der Waals surface area contributed by atoms with E-state index in [9.17, 15) is 18.0 Å². The largest absolute Gasteiger partial charge is 0.418 e. The summed E-state index contributed by atoms with van der Waals surface area (Å²) in [5, 5.41) is 2.57. The van der Waals surface area contributed by atoms with Crippen molar-refractivity contribution in [2.75, 3.05) is 18.4 Å². The lowest BCUT2D eigenvalue weighted by molar-refractivity contribution is -0.136. The van der Waals surface area contributed by atoms with Gasteiger partial charge in [-0.2, -0.15) is 13.2 Å². The molecule has 1 fully saturated rings. The lowest BCUT2D eigenvalue weighted by Crippen LogP contribution is -2.32. The number of nitrogens with zero attached hydrogens (tertiary/aromatic N) is 3. The van der Waals surface area contributed by atoms with Gasteiger partial charge in [-0.15, -0.1) is 0 Å². The highest BCUT2D eigenvalue weighted by atomic mass is 19.4. The first-order valence-electron chi connectivity index (χ1n) is 8.50. The van der Waals surface area contributed by atoms with Crippen LogP contribution in [-0.2, 0) is 6.18 Å². The lowest BCUT2D eigenvalue weighted by atomic mass is 10.1. The number of anilines is 2. The van der Waals surface area contributed by atoms with Gasteiger partial charge in [0.1, 0.15) is 0 Å². The maximum atomic E-state index is 13.0. The Balaban J connectivity index is 1.73. The van der Waals surface area contributed by atoms with Gasteiger partial charge in [0.25, 0.3) is 5.91 Å². The second-order valence-electron chi connectivity index (χ2n) is 6.17. The molecule has 0 spiro atoms. The van der Waals surface area contributed by atoms with E-state index < -0.39 is 11.7 Å². The summed E-state index contributed by atoms with van der Waals surface area (Å²) >= 11 is 0. The molecule has 138 valence electrons. The second-order valence-corrected chi connectivity index (χ2v) is 6.17. The predicted molar refractivity (Wildman–Crippen MR) is 91.1 cm³/mol. The first kappa shape index (κ1) is 18.2. The topological polar surface area (TPSA) is 58.1 Å². The van der Waals surface area contributed by atoms with Crippen molar-refractivity contribution in [1.82, 2.24) is 14.9 Å². The molecule has 1 amide bonds. The molecule has 1 aliphatic rings. The van der Waals surface area contributed by atoms with Gasteiger partial charge in [0.15, 0.2) is 0 Å². The fraction of sp³-hybridized carbons (Fsp3) is 0.389. The van der Waals surface area contributed by atoms with Crippen molar-refractivity contribution in [3.8, 4) is 0 Å². The summed E-state index contributed by atoms with van der Waals surface area (Å²) in [4.78, 5) is 22.3. The molecule has 1 saturated heterocycles. The monoisotopic (exact) mass is 364 g/mol. The van der Waals surface area contributed by atoms with Crippen molar-refractivity contribution >= 4 is 17.5 Å². The van der Waals surface area contributed by atoms with Crippen molar-refractivity contribution < 1.29 is 18.0 Å². The zero-order chi connectivity index (χ0) is 18.6. The van der Waals surface area contributed by atoms with Gasteiger partial charge >= 0.3 is 6.18 Å². The Labute approximate surface area is 149 Å². The Morgan fingerprint density at radius 1 is 1.00 bits per heavy atom. The fourth-order valence-corrected chi connectivity index (χ4v) is 2.92. The van der Waals surface area contributed by atoms with E-state index in [-0.39, 0.29) is 17.5 Å². The summed E-state index contributed by atoms with van der Waals surface area (Å²) in [6, 6.07) is 5.11. The van der Waals surface area contributed by atoms with Crippen LogP contribution in [0.4, 0.5) is 24.8 Å². The third-order valence-electron chi connectivity index (χ3n) is 4.27. The maximum absolute atomic E-state index is 13.0. The maximum Gasteiger partial charge on any atom is 0.418 e. The first-order valence-corrected chi connectivity index (χ1v) is 8.50. The van der Waals surface area contributed by atoms with Crippen LogP contribution in [0.25, 0.3) is 0 Å². The van der Waals surface area contributed by atoms with Crippen molar-refractivity contribution in [3.05, 3.63) is 47.8 Å². The smallest absolute Gasteiger partial charge is 0.339 e. The van der Waals surface area contributed by atoms with E-state index in [1.165, 1.54) is 30.6 Å². The summed E-state index contributed by atoms with van der Waals surface area (Å²) in [6.07, 6.45) is 2.38. The van der Waals surface area contributed by atoms with Crippen LogP contribution in [0.1, 0.15) is 41.6 Å².